The average molecular weight is 377 g/mol. The lowest BCUT2D eigenvalue weighted by atomic mass is 10.0. The molecular formula is C20H25F2N3O2. The lowest BCUT2D eigenvalue weighted by Gasteiger charge is -2.23. The first-order chi connectivity index (χ1) is 12.8. The van der Waals surface area contributed by atoms with E-state index < -0.39 is 11.8 Å². The highest BCUT2D eigenvalue weighted by atomic mass is 19.3. The van der Waals surface area contributed by atoms with Gasteiger partial charge in [0.15, 0.2) is 0 Å². The van der Waals surface area contributed by atoms with Crippen molar-refractivity contribution < 1.29 is 18.4 Å². The number of nitrogens with zero attached hydrogens (tertiary/aromatic N) is 1. The van der Waals surface area contributed by atoms with E-state index in [2.05, 4.69) is 5.32 Å². The van der Waals surface area contributed by atoms with Crippen molar-refractivity contribution in [1.82, 2.24) is 5.32 Å². The van der Waals surface area contributed by atoms with E-state index in [0.717, 1.165) is 36.9 Å². The van der Waals surface area contributed by atoms with E-state index in [-0.39, 0.29) is 31.3 Å². The molecule has 0 bridgehead atoms. The summed E-state index contributed by atoms with van der Waals surface area (Å²) >= 11 is 0. The van der Waals surface area contributed by atoms with Crippen molar-refractivity contribution in [3.05, 3.63) is 29.3 Å². The number of primary amides is 1. The maximum absolute atomic E-state index is 13.7. The molecule has 146 valence electrons. The van der Waals surface area contributed by atoms with E-state index in [9.17, 15) is 18.4 Å². The Hall–Kier alpha value is -2.18. The molecule has 3 fully saturated rings. The first kappa shape index (κ1) is 18.2. The molecule has 0 aromatic heterocycles. The van der Waals surface area contributed by atoms with E-state index >= 15 is 0 Å². The van der Waals surface area contributed by atoms with Crippen LogP contribution in [0.25, 0.3) is 0 Å². The molecule has 4 rings (SSSR count). The fourth-order valence-electron chi connectivity index (χ4n) is 3.94. The first-order valence-corrected chi connectivity index (χ1v) is 9.68. The quantitative estimate of drug-likeness (QED) is 0.767. The molecule has 0 spiro atoms. The molecule has 2 aliphatic carbocycles. The normalized spacial score (nSPS) is 22.5. The van der Waals surface area contributed by atoms with Crippen molar-refractivity contribution in [3.8, 4) is 0 Å². The van der Waals surface area contributed by atoms with Crippen LogP contribution in [0.15, 0.2) is 18.2 Å². The van der Waals surface area contributed by atoms with Crippen molar-refractivity contribution in [1.29, 1.82) is 0 Å². The molecule has 1 atom stereocenters. The number of hydrogen-bond acceptors (Lipinski definition) is 3. The Kier molecular flexibility index (Phi) is 4.56. The van der Waals surface area contributed by atoms with Crippen molar-refractivity contribution in [2.24, 2.45) is 11.7 Å². The third-order valence-corrected chi connectivity index (χ3v) is 5.75. The van der Waals surface area contributed by atoms with Crippen LogP contribution in [0.4, 0.5) is 14.5 Å². The molecule has 1 saturated heterocycles. The van der Waals surface area contributed by atoms with Gasteiger partial charge >= 0.3 is 0 Å². The summed E-state index contributed by atoms with van der Waals surface area (Å²) in [5.74, 6) is -2.69. The number of halogens is 2. The van der Waals surface area contributed by atoms with Crippen LogP contribution in [-0.4, -0.2) is 36.9 Å². The lowest BCUT2D eigenvalue weighted by molar-refractivity contribution is -0.118. The standard InChI is InChI=1S/C20H25F2N3O2/c21-20(22)7-8-25(11-20)17-9-14(5-6-15(17)12-1-2-12)19(27)24-16(10-18(23)26)13-3-4-13/h5-6,9,12-13,16H,1-4,7-8,10-11H2,(H2,23,26)(H,24,27). The summed E-state index contributed by atoms with van der Waals surface area (Å²) in [6.45, 7) is -0.00562. The maximum atomic E-state index is 13.7. The van der Waals surface area contributed by atoms with Gasteiger partial charge in [0.2, 0.25) is 5.91 Å². The minimum absolute atomic E-state index is 0.127. The molecule has 2 saturated carbocycles. The molecule has 0 radical (unpaired) electrons. The van der Waals surface area contributed by atoms with E-state index in [1.807, 2.05) is 6.07 Å². The predicted molar refractivity (Wildman–Crippen MR) is 98.0 cm³/mol. The number of rotatable bonds is 7. The smallest absolute Gasteiger partial charge is 0.266 e. The zero-order valence-electron chi connectivity index (χ0n) is 15.2. The van der Waals surface area contributed by atoms with Crippen LogP contribution in [0.5, 0.6) is 0 Å². The summed E-state index contributed by atoms with van der Waals surface area (Å²) in [5.41, 5.74) is 7.55. The third kappa shape index (κ3) is 4.22. The first-order valence-electron chi connectivity index (χ1n) is 9.68. The van der Waals surface area contributed by atoms with Crippen molar-refractivity contribution in [2.45, 2.75) is 56.4 Å². The van der Waals surface area contributed by atoms with Gasteiger partial charge in [-0.3, -0.25) is 9.59 Å². The van der Waals surface area contributed by atoms with Crippen molar-refractivity contribution in [3.63, 3.8) is 0 Å². The monoisotopic (exact) mass is 377 g/mol. The molecule has 1 heterocycles. The Morgan fingerprint density at radius 1 is 1.26 bits per heavy atom. The van der Waals surface area contributed by atoms with Gasteiger partial charge < -0.3 is 16.0 Å². The Bertz CT molecular complexity index is 760. The van der Waals surface area contributed by atoms with Gasteiger partial charge in [0.1, 0.15) is 0 Å². The Balaban J connectivity index is 1.55. The average Bonchev–Trinajstić information content (AvgIpc) is 3.51. The zero-order chi connectivity index (χ0) is 19.2. The second-order valence-corrected chi connectivity index (χ2v) is 8.16. The number of carbonyl (C=O) groups is 2. The van der Waals surface area contributed by atoms with E-state index in [1.54, 1.807) is 17.0 Å². The zero-order valence-corrected chi connectivity index (χ0v) is 15.2. The van der Waals surface area contributed by atoms with E-state index in [1.165, 1.54) is 0 Å². The number of alkyl halides is 2. The number of hydrogen-bond donors (Lipinski definition) is 2. The Morgan fingerprint density at radius 3 is 2.56 bits per heavy atom. The van der Waals surface area contributed by atoms with Gasteiger partial charge in [-0.15, -0.1) is 0 Å². The Labute approximate surface area is 157 Å². The van der Waals surface area contributed by atoms with E-state index in [0.29, 0.717) is 23.9 Å². The van der Waals surface area contributed by atoms with Gasteiger partial charge in [0, 0.05) is 36.7 Å². The largest absolute Gasteiger partial charge is 0.370 e. The fraction of sp³-hybridized carbons (Fsp3) is 0.600. The maximum Gasteiger partial charge on any atom is 0.266 e. The molecule has 2 amide bonds. The second kappa shape index (κ2) is 6.77. The summed E-state index contributed by atoms with van der Waals surface area (Å²) in [6.07, 6.45) is 4.05. The van der Waals surface area contributed by atoms with Crippen molar-refractivity contribution in [2.75, 3.05) is 18.0 Å². The Morgan fingerprint density at radius 2 is 2.00 bits per heavy atom. The summed E-state index contributed by atoms with van der Waals surface area (Å²) < 4.78 is 27.4. The lowest BCUT2D eigenvalue weighted by Crippen LogP contribution is -2.39. The van der Waals surface area contributed by atoms with Gasteiger partial charge in [-0.05, 0) is 55.2 Å². The molecule has 3 aliphatic rings. The summed E-state index contributed by atoms with van der Waals surface area (Å²) in [5, 5.41) is 2.92. The summed E-state index contributed by atoms with van der Waals surface area (Å²) in [4.78, 5) is 25.7. The van der Waals surface area contributed by atoms with Crippen LogP contribution in [0.1, 0.15) is 60.4 Å². The van der Waals surface area contributed by atoms with Crippen molar-refractivity contribution >= 4 is 17.5 Å². The second-order valence-electron chi connectivity index (χ2n) is 8.16. The van der Waals surface area contributed by atoms with Crippen LogP contribution in [-0.2, 0) is 4.79 Å². The third-order valence-electron chi connectivity index (χ3n) is 5.75. The summed E-state index contributed by atoms with van der Waals surface area (Å²) in [7, 11) is 0. The number of amides is 2. The molecular weight excluding hydrogens is 352 g/mol. The number of carbonyl (C=O) groups excluding carboxylic acids is 2. The minimum Gasteiger partial charge on any atom is -0.370 e. The van der Waals surface area contributed by atoms with Crippen LogP contribution in [0, 0.1) is 5.92 Å². The molecule has 1 aliphatic heterocycles. The number of nitrogens with one attached hydrogen (secondary N) is 1. The minimum atomic E-state index is -2.68. The predicted octanol–water partition coefficient (Wildman–Crippen LogP) is 2.79. The van der Waals surface area contributed by atoms with Gasteiger partial charge in [-0.1, -0.05) is 6.07 Å². The molecule has 27 heavy (non-hydrogen) atoms. The van der Waals surface area contributed by atoms with Gasteiger partial charge in [0.05, 0.1) is 6.54 Å². The van der Waals surface area contributed by atoms with Crippen LogP contribution >= 0.6 is 0 Å². The molecule has 7 heteroatoms. The number of benzene rings is 1. The highest BCUT2D eigenvalue weighted by Crippen LogP contribution is 2.46. The van der Waals surface area contributed by atoms with Crippen LogP contribution in [0.2, 0.25) is 0 Å². The molecule has 5 nitrogen and oxygen atoms in total. The number of anilines is 1. The highest BCUT2D eigenvalue weighted by Gasteiger charge is 2.40. The van der Waals surface area contributed by atoms with Gasteiger partial charge in [-0.25, -0.2) is 8.78 Å². The summed E-state index contributed by atoms with van der Waals surface area (Å²) in [6, 6.07) is 5.14. The molecule has 1 aromatic rings. The topological polar surface area (TPSA) is 75.4 Å². The number of nitrogens with two attached hydrogens (primary N) is 1. The molecule has 1 aromatic carbocycles. The molecule has 1 unspecified atom stereocenters. The van der Waals surface area contributed by atoms with Gasteiger partial charge in [-0.2, -0.15) is 0 Å². The van der Waals surface area contributed by atoms with E-state index in [4.69, 9.17) is 5.73 Å². The van der Waals surface area contributed by atoms with Crippen LogP contribution in [0.3, 0.4) is 0 Å². The SMILES string of the molecule is NC(=O)CC(NC(=O)c1ccc(C2CC2)c(N2CCC(F)(F)C2)c1)C1CC1. The fourth-order valence-corrected chi connectivity index (χ4v) is 3.94. The van der Waals surface area contributed by atoms with Crippen LogP contribution < -0.4 is 16.0 Å². The highest BCUT2D eigenvalue weighted by molar-refractivity contribution is 5.96. The van der Waals surface area contributed by atoms with Gasteiger partial charge in [0.25, 0.3) is 11.8 Å². The molecule has 3 N–H and O–H groups in total.